The molecule has 4 saturated carbocycles. The van der Waals surface area contributed by atoms with Crippen LogP contribution < -0.4 is 10.6 Å². The molecule has 3 atom stereocenters. The Balaban J connectivity index is 1.32. The lowest BCUT2D eigenvalue weighted by Crippen LogP contribution is -2.63. The van der Waals surface area contributed by atoms with Gasteiger partial charge >= 0.3 is 6.03 Å². The van der Waals surface area contributed by atoms with Crippen LogP contribution in [0.2, 0.25) is 0 Å². The smallest absolute Gasteiger partial charge is 0.321 e. The number of urea groups is 1. The van der Waals surface area contributed by atoms with E-state index in [9.17, 15) is 9.59 Å². The number of morpholine rings is 1. The van der Waals surface area contributed by atoms with Gasteiger partial charge < -0.3 is 10.1 Å². The summed E-state index contributed by atoms with van der Waals surface area (Å²) in [7, 11) is 0. The van der Waals surface area contributed by atoms with Gasteiger partial charge in [-0.05, 0) is 77.0 Å². The van der Waals surface area contributed by atoms with Gasteiger partial charge in [0, 0.05) is 18.6 Å². The van der Waals surface area contributed by atoms with Gasteiger partial charge in [0.25, 0.3) is 0 Å². The van der Waals surface area contributed by atoms with Gasteiger partial charge in [0.1, 0.15) is 0 Å². The quantitative estimate of drug-likeness (QED) is 0.807. The molecule has 2 N–H and O–H groups in total. The number of imide groups is 1. The second-order valence-electron chi connectivity index (χ2n) is 9.53. The lowest BCUT2D eigenvalue weighted by molar-refractivity contribution is -0.130. The second kappa shape index (κ2) is 6.79. The van der Waals surface area contributed by atoms with E-state index in [2.05, 4.69) is 15.5 Å². The number of carbonyl (C=O) groups excluding carboxylic acids is 2. The average molecular weight is 364 g/mol. The zero-order valence-corrected chi connectivity index (χ0v) is 16.3. The van der Waals surface area contributed by atoms with Crippen LogP contribution in [0, 0.1) is 17.8 Å². The highest BCUT2D eigenvalue weighted by molar-refractivity contribution is 5.97. The van der Waals surface area contributed by atoms with Crippen LogP contribution in [0.25, 0.3) is 0 Å². The van der Waals surface area contributed by atoms with Crippen molar-refractivity contribution in [3.05, 3.63) is 0 Å². The monoisotopic (exact) mass is 363 g/mol. The highest BCUT2D eigenvalue weighted by Gasteiger charge is 2.51. The van der Waals surface area contributed by atoms with Crippen LogP contribution in [0.3, 0.4) is 0 Å². The van der Waals surface area contributed by atoms with Crippen molar-refractivity contribution in [2.75, 3.05) is 13.1 Å². The molecule has 0 aromatic heterocycles. The van der Waals surface area contributed by atoms with E-state index >= 15 is 0 Å². The van der Waals surface area contributed by atoms with E-state index in [-0.39, 0.29) is 35.7 Å². The van der Waals surface area contributed by atoms with E-state index in [1.54, 1.807) is 0 Å². The lowest BCUT2D eigenvalue weighted by Gasteiger charge is -2.56. The molecule has 0 unspecified atom stereocenters. The number of nitrogens with one attached hydrogen (secondary N) is 2. The predicted molar refractivity (Wildman–Crippen MR) is 98.6 cm³/mol. The third-order valence-corrected chi connectivity index (χ3v) is 7.03. The third kappa shape index (κ3) is 3.63. The first-order chi connectivity index (χ1) is 12.3. The maximum absolute atomic E-state index is 12.6. The van der Waals surface area contributed by atoms with Crippen molar-refractivity contribution in [3.8, 4) is 0 Å². The van der Waals surface area contributed by atoms with Gasteiger partial charge in [-0.15, -0.1) is 0 Å². The molecule has 1 heterocycles. The Bertz CT molecular complexity index is 533. The summed E-state index contributed by atoms with van der Waals surface area (Å²) in [4.78, 5) is 27.3. The minimum Gasteiger partial charge on any atom is -0.373 e. The van der Waals surface area contributed by atoms with Crippen LogP contribution in [0.4, 0.5) is 4.79 Å². The summed E-state index contributed by atoms with van der Waals surface area (Å²) in [5, 5.41) is 5.83. The molecule has 6 nitrogen and oxygen atoms in total. The van der Waals surface area contributed by atoms with Crippen molar-refractivity contribution >= 4 is 11.9 Å². The topological polar surface area (TPSA) is 70.7 Å². The first kappa shape index (κ1) is 18.2. The van der Waals surface area contributed by atoms with E-state index in [0.717, 1.165) is 50.1 Å². The summed E-state index contributed by atoms with van der Waals surface area (Å²) >= 11 is 0. The highest BCUT2D eigenvalue weighted by atomic mass is 16.5. The molecule has 0 aromatic rings. The van der Waals surface area contributed by atoms with Gasteiger partial charge in [0.2, 0.25) is 5.91 Å². The Hall–Kier alpha value is -1.14. The van der Waals surface area contributed by atoms with Crippen LogP contribution in [0.15, 0.2) is 0 Å². The summed E-state index contributed by atoms with van der Waals surface area (Å²) in [5.41, 5.74) is -0.0651. The van der Waals surface area contributed by atoms with Gasteiger partial charge in [-0.1, -0.05) is 0 Å². The molecule has 146 valence electrons. The highest BCUT2D eigenvalue weighted by Crippen LogP contribution is 2.55. The maximum atomic E-state index is 12.6. The van der Waals surface area contributed by atoms with Gasteiger partial charge in [0.15, 0.2) is 0 Å². The molecule has 26 heavy (non-hydrogen) atoms. The summed E-state index contributed by atoms with van der Waals surface area (Å²) in [5.74, 6) is 2.10. The van der Waals surface area contributed by atoms with E-state index in [1.165, 1.54) is 19.3 Å². The minimum atomic E-state index is -0.328. The minimum absolute atomic E-state index is 0.0651. The number of nitrogens with zero attached hydrogens (tertiary/aromatic N) is 1. The van der Waals surface area contributed by atoms with Gasteiger partial charge in [-0.2, -0.15) is 0 Å². The van der Waals surface area contributed by atoms with Gasteiger partial charge in [-0.25, -0.2) is 4.79 Å². The number of rotatable bonds is 3. The molecule has 3 amide bonds. The molecule has 0 radical (unpaired) electrons. The number of amides is 3. The first-order valence-electron chi connectivity index (χ1n) is 10.3. The molecular formula is C20H33N3O3. The van der Waals surface area contributed by atoms with E-state index in [0.29, 0.717) is 0 Å². The second-order valence-corrected chi connectivity index (χ2v) is 9.53. The maximum Gasteiger partial charge on any atom is 0.321 e. The Morgan fingerprint density at radius 2 is 1.50 bits per heavy atom. The van der Waals surface area contributed by atoms with Gasteiger partial charge in [0.05, 0.1) is 18.2 Å². The fraction of sp³-hybridized carbons (Fsp3) is 0.900. The van der Waals surface area contributed by atoms with E-state index in [1.807, 2.05) is 20.8 Å². The summed E-state index contributed by atoms with van der Waals surface area (Å²) < 4.78 is 5.73. The Labute approximate surface area is 156 Å². The lowest BCUT2D eigenvalue weighted by atomic mass is 9.53. The van der Waals surface area contributed by atoms with Crippen LogP contribution in [-0.4, -0.2) is 53.7 Å². The molecule has 5 aliphatic rings. The SMILES string of the molecule is C[C@@H]1CN([C@@H](C)C(=O)NC(=O)NC23CC4CC(CC(C4)C2)C3)C[C@H](C)O1. The number of carbonyl (C=O) groups is 2. The molecule has 1 aliphatic heterocycles. The first-order valence-corrected chi connectivity index (χ1v) is 10.3. The van der Waals surface area contributed by atoms with Crippen molar-refractivity contribution in [3.63, 3.8) is 0 Å². The summed E-state index contributed by atoms with van der Waals surface area (Å²) in [6.45, 7) is 7.35. The molecular weight excluding hydrogens is 330 g/mol. The van der Waals surface area contributed by atoms with Crippen molar-refractivity contribution in [2.24, 2.45) is 17.8 Å². The van der Waals surface area contributed by atoms with Crippen LogP contribution in [-0.2, 0) is 9.53 Å². The molecule has 0 aromatic carbocycles. The van der Waals surface area contributed by atoms with Crippen LogP contribution in [0.5, 0.6) is 0 Å². The largest absolute Gasteiger partial charge is 0.373 e. The summed E-state index contributed by atoms with van der Waals surface area (Å²) in [6.07, 6.45) is 7.51. The molecule has 5 rings (SSSR count). The summed E-state index contributed by atoms with van der Waals surface area (Å²) in [6, 6.07) is -0.635. The van der Waals surface area contributed by atoms with Gasteiger partial charge in [-0.3, -0.25) is 15.0 Å². The average Bonchev–Trinajstić information content (AvgIpc) is 2.51. The number of ether oxygens (including phenoxy) is 1. The van der Waals surface area contributed by atoms with Crippen LogP contribution >= 0.6 is 0 Å². The Morgan fingerprint density at radius 3 is 2.00 bits per heavy atom. The van der Waals surface area contributed by atoms with E-state index in [4.69, 9.17) is 4.74 Å². The van der Waals surface area contributed by atoms with Crippen LogP contribution in [0.1, 0.15) is 59.3 Å². The molecule has 4 bridgehead atoms. The Morgan fingerprint density at radius 1 is 1.00 bits per heavy atom. The molecule has 6 heteroatoms. The molecule has 0 spiro atoms. The predicted octanol–water partition coefficient (Wildman–Crippen LogP) is 2.28. The number of hydrogen-bond donors (Lipinski definition) is 2. The zero-order valence-electron chi connectivity index (χ0n) is 16.3. The fourth-order valence-electron chi connectivity index (χ4n) is 6.45. The van der Waals surface area contributed by atoms with Crippen molar-refractivity contribution in [2.45, 2.75) is 83.1 Å². The van der Waals surface area contributed by atoms with E-state index < -0.39 is 0 Å². The van der Waals surface area contributed by atoms with Crippen molar-refractivity contribution in [1.29, 1.82) is 0 Å². The fourth-order valence-corrected chi connectivity index (χ4v) is 6.45. The normalized spacial score (nSPS) is 43.1. The third-order valence-electron chi connectivity index (χ3n) is 7.03. The van der Waals surface area contributed by atoms with Crippen molar-refractivity contribution in [1.82, 2.24) is 15.5 Å². The molecule has 5 fully saturated rings. The standard InChI is InChI=1S/C20H33N3O3/c1-12-10-23(11-13(2)26-12)14(3)18(24)21-19(25)22-20-7-15-4-16(8-20)6-17(5-15)9-20/h12-17H,4-11H2,1-3H3,(H2,21,22,24,25)/t12-,13+,14-,15?,16?,17?,20?/m0/s1. The Kier molecular flexibility index (Phi) is 4.76. The number of hydrogen-bond acceptors (Lipinski definition) is 4. The molecule has 4 aliphatic carbocycles. The molecule has 1 saturated heterocycles. The zero-order chi connectivity index (χ0) is 18.5. The van der Waals surface area contributed by atoms with Crippen molar-refractivity contribution < 1.29 is 14.3 Å².